The second kappa shape index (κ2) is 6.97. The van der Waals surface area contributed by atoms with Gasteiger partial charge < -0.3 is 18.9 Å². The van der Waals surface area contributed by atoms with Gasteiger partial charge in [-0.25, -0.2) is 14.6 Å². The molecule has 0 bridgehead atoms. The predicted molar refractivity (Wildman–Crippen MR) is 99.4 cm³/mol. The minimum Gasteiger partial charge on any atom is -0.448 e. The fraction of sp³-hybridized carbons (Fsp3) is 0.350. The summed E-state index contributed by atoms with van der Waals surface area (Å²) in [5, 5.41) is 0.412. The number of hydrogen-bond donors (Lipinski definition) is 0. The number of hydroxylamine groups is 2. The van der Waals surface area contributed by atoms with E-state index in [0.717, 1.165) is 6.26 Å². The summed E-state index contributed by atoms with van der Waals surface area (Å²) in [7, 11) is 0. The lowest BCUT2D eigenvalue weighted by Crippen LogP contribution is -2.50. The fourth-order valence-electron chi connectivity index (χ4n) is 3.06. The first kappa shape index (κ1) is 19.6. The van der Waals surface area contributed by atoms with E-state index in [1.54, 1.807) is 32.9 Å². The third-order valence-corrected chi connectivity index (χ3v) is 4.54. The molecule has 1 fully saturated rings. The molecule has 4 rings (SSSR count). The van der Waals surface area contributed by atoms with Crippen LogP contribution in [0, 0.1) is 0 Å². The monoisotopic (exact) mass is 413 g/mol. The third-order valence-electron chi connectivity index (χ3n) is 4.54. The molecule has 2 aliphatic heterocycles. The average molecular weight is 413 g/mol. The molecular weight excluding hydrogens is 394 g/mol. The van der Waals surface area contributed by atoms with Crippen molar-refractivity contribution >= 4 is 23.9 Å². The Morgan fingerprint density at radius 1 is 1.10 bits per heavy atom. The quantitative estimate of drug-likeness (QED) is 0.704. The van der Waals surface area contributed by atoms with Crippen molar-refractivity contribution in [3.8, 4) is 0 Å². The number of oxazole rings is 1. The highest BCUT2D eigenvalue weighted by Crippen LogP contribution is 2.28. The van der Waals surface area contributed by atoms with Gasteiger partial charge in [-0.1, -0.05) is 17.2 Å². The van der Waals surface area contributed by atoms with Crippen LogP contribution in [0.25, 0.3) is 0 Å². The molecular formula is C20H19N3O7. The minimum absolute atomic E-state index is 0.160. The van der Waals surface area contributed by atoms with E-state index in [1.807, 2.05) is 0 Å². The first-order chi connectivity index (χ1) is 14.1. The number of carbonyl (C=O) groups is 4. The lowest BCUT2D eigenvalue weighted by molar-refractivity contribution is -0.0588. The normalized spacial score (nSPS) is 16.4. The summed E-state index contributed by atoms with van der Waals surface area (Å²) < 4.78 is 10.6. The molecule has 2 aromatic rings. The van der Waals surface area contributed by atoms with E-state index in [4.69, 9.17) is 14.0 Å². The number of ether oxygens (including phenoxy) is 1. The molecule has 0 atom stereocenters. The number of benzene rings is 1. The van der Waals surface area contributed by atoms with Crippen LogP contribution in [0.1, 0.15) is 63.8 Å². The topological polar surface area (TPSA) is 119 Å². The second-order valence-corrected chi connectivity index (χ2v) is 7.98. The SMILES string of the molecule is CC(C)(C)OC(=O)N1CC(c2nc(C(=O)ON3C(=O)c4ccccc4C3=O)co2)C1. The molecule has 30 heavy (non-hydrogen) atoms. The van der Waals surface area contributed by atoms with Gasteiger partial charge in [0.15, 0.2) is 5.69 Å². The van der Waals surface area contributed by atoms with E-state index in [0.29, 0.717) is 18.2 Å². The zero-order valence-corrected chi connectivity index (χ0v) is 16.6. The van der Waals surface area contributed by atoms with Crippen molar-refractivity contribution in [1.29, 1.82) is 0 Å². The number of aromatic nitrogens is 1. The molecule has 10 heteroatoms. The van der Waals surface area contributed by atoms with Crippen LogP contribution in [0.2, 0.25) is 0 Å². The number of nitrogens with zero attached hydrogens (tertiary/aromatic N) is 3. The van der Waals surface area contributed by atoms with Gasteiger partial charge in [0.25, 0.3) is 11.8 Å². The molecule has 0 saturated carbocycles. The number of carbonyl (C=O) groups excluding carboxylic acids is 4. The molecule has 0 spiro atoms. The Labute approximate surface area is 171 Å². The smallest absolute Gasteiger partial charge is 0.410 e. The van der Waals surface area contributed by atoms with E-state index in [-0.39, 0.29) is 28.6 Å². The van der Waals surface area contributed by atoms with Crippen LogP contribution in [-0.4, -0.2) is 57.5 Å². The summed E-state index contributed by atoms with van der Waals surface area (Å²) in [4.78, 5) is 59.4. The summed E-state index contributed by atoms with van der Waals surface area (Å²) >= 11 is 0. The van der Waals surface area contributed by atoms with Crippen molar-refractivity contribution in [3.63, 3.8) is 0 Å². The molecule has 2 aliphatic rings. The van der Waals surface area contributed by atoms with Crippen molar-refractivity contribution in [3.05, 3.63) is 53.2 Å². The average Bonchev–Trinajstić information content (AvgIpc) is 3.19. The molecule has 1 saturated heterocycles. The van der Waals surface area contributed by atoms with Crippen molar-refractivity contribution in [2.24, 2.45) is 0 Å². The first-order valence-corrected chi connectivity index (χ1v) is 9.27. The highest BCUT2D eigenvalue weighted by Gasteiger charge is 2.40. The molecule has 156 valence electrons. The molecule has 0 unspecified atom stereocenters. The van der Waals surface area contributed by atoms with Crippen molar-refractivity contribution in [1.82, 2.24) is 14.9 Å². The van der Waals surface area contributed by atoms with Gasteiger partial charge in [0.05, 0.1) is 17.0 Å². The third kappa shape index (κ3) is 3.51. The number of amides is 3. The van der Waals surface area contributed by atoms with E-state index in [1.165, 1.54) is 17.0 Å². The standard InChI is InChI=1S/C20H19N3O7/c1-20(2,3)29-19(27)22-8-11(9-22)15-21-14(10-28-15)18(26)30-23-16(24)12-6-4-5-7-13(12)17(23)25/h4-7,10-11H,8-9H2,1-3H3. The first-order valence-electron chi connectivity index (χ1n) is 9.27. The van der Waals surface area contributed by atoms with Gasteiger partial charge in [-0.3, -0.25) is 9.59 Å². The number of likely N-dealkylation sites (tertiary alicyclic amines) is 1. The van der Waals surface area contributed by atoms with Gasteiger partial charge in [-0.15, -0.1) is 0 Å². The Morgan fingerprint density at radius 3 is 2.27 bits per heavy atom. The van der Waals surface area contributed by atoms with E-state index in [2.05, 4.69) is 4.98 Å². The highest BCUT2D eigenvalue weighted by molar-refractivity contribution is 6.21. The maximum atomic E-state index is 12.3. The zero-order valence-electron chi connectivity index (χ0n) is 16.6. The number of rotatable bonds is 3. The predicted octanol–water partition coefficient (Wildman–Crippen LogP) is 2.38. The van der Waals surface area contributed by atoms with Crippen molar-refractivity contribution in [2.45, 2.75) is 32.3 Å². The van der Waals surface area contributed by atoms with Gasteiger partial charge in [-0.2, -0.15) is 0 Å². The molecule has 3 amide bonds. The Morgan fingerprint density at radius 2 is 1.70 bits per heavy atom. The van der Waals surface area contributed by atoms with Crippen LogP contribution in [0.5, 0.6) is 0 Å². The number of fused-ring (bicyclic) bond motifs is 1. The second-order valence-electron chi connectivity index (χ2n) is 7.98. The fourth-order valence-corrected chi connectivity index (χ4v) is 3.06. The Kier molecular flexibility index (Phi) is 4.56. The van der Waals surface area contributed by atoms with E-state index >= 15 is 0 Å². The number of hydrogen-bond acceptors (Lipinski definition) is 8. The van der Waals surface area contributed by atoms with Crippen LogP contribution >= 0.6 is 0 Å². The molecule has 0 aliphatic carbocycles. The van der Waals surface area contributed by atoms with Gasteiger partial charge in [-0.05, 0) is 32.9 Å². The maximum absolute atomic E-state index is 12.3. The molecule has 1 aromatic heterocycles. The molecule has 1 aromatic carbocycles. The van der Waals surface area contributed by atoms with E-state index in [9.17, 15) is 19.2 Å². The lowest BCUT2D eigenvalue weighted by Gasteiger charge is -2.38. The Hall–Kier alpha value is -3.69. The van der Waals surface area contributed by atoms with E-state index < -0.39 is 29.5 Å². The summed E-state index contributed by atoms with van der Waals surface area (Å²) in [5.74, 6) is -2.38. The van der Waals surface area contributed by atoms with Crippen LogP contribution in [-0.2, 0) is 9.57 Å². The lowest BCUT2D eigenvalue weighted by atomic mass is 10.0. The summed E-state index contributed by atoms with van der Waals surface area (Å²) in [6.45, 7) is 6.01. The van der Waals surface area contributed by atoms with Gasteiger partial charge in [0.1, 0.15) is 11.9 Å². The zero-order chi connectivity index (χ0) is 21.6. The van der Waals surface area contributed by atoms with Crippen LogP contribution < -0.4 is 0 Å². The van der Waals surface area contributed by atoms with Gasteiger partial charge in [0.2, 0.25) is 5.89 Å². The highest BCUT2D eigenvalue weighted by atomic mass is 16.7. The summed E-state index contributed by atoms with van der Waals surface area (Å²) in [5.41, 5.74) is -0.454. The molecule has 10 nitrogen and oxygen atoms in total. The molecule has 3 heterocycles. The maximum Gasteiger partial charge on any atom is 0.410 e. The summed E-state index contributed by atoms with van der Waals surface area (Å²) in [6, 6.07) is 6.17. The Balaban J connectivity index is 1.36. The summed E-state index contributed by atoms with van der Waals surface area (Å²) in [6.07, 6.45) is 0.655. The van der Waals surface area contributed by atoms with Gasteiger partial charge in [0, 0.05) is 13.1 Å². The van der Waals surface area contributed by atoms with Crippen LogP contribution in [0.4, 0.5) is 4.79 Å². The van der Waals surface area contributed by atoms with Gasteiger partial charge >= 0.3 is 12.1 Å². The van der Waals surface area contributed by atoms with Crippen molar-refractivity contribution < 1.29 is 33.2 Å². The largest absolute Gasteiger partial charge is 0.448 e. The molecule has 0 N–H and O–H groups in total. The van der Waals surface area contributed by atoms with Crippen LogP contribution in [0.15, 0.2) is 34.9 Å². The van der Waals surface area contributed by atoms with Crippen LogP contribution in [0.3, 0.4) is 0 Å². The van der Waals surface area contributed by atoms with Crippen molar-refractivity contribution in [2.75, 3.05) is 13.1 Å². The number of imide groups is 1. The minimum atomic E-state index is -0.997. The molecule has 0 radical (unpaired) electrons. The Bertz CT molecular complexity index is 1010.